The number of methoxy groups -OCH3 is 1. The van der Waals surface area contributed by atoms with E-state index in [0.717, 1.165) is 18.2 Å². The molecule has 1 aromatic carbocycles. The highest BCUT2D eigenvalue weighted by Gasteiger charge is 2.04. The van der Waals surface area contributed by atoms with Crippen molar-refractivity contribution in [3.8, 4) is 0 Å². The summed E-state index contributed by atoms with van der Waals surface area (Å²) in [6, 6.07) is 3.42. The minimum atomic E-state index is -0.594. The Bertz CT molecular complexity index is 555. The third kappa shape index (κ3) is 5.17. The van der Waals surface area contributed by atoms with Crippen LogP contribution in [-0.4, -0.2) is 30.2 Å². The Labute approximate surface area is 122 Å². The summed E-state index contributed by atoms with van der Waals surface area (Å²) in [6.45, 7) is 2.04. The Morgan fingerprint density at radius 1 is 1.05 bits per heavy atom. The highest BCUT2D eigenvalue weighted by molar-refractivity contribution is 5.21. The fraction of sp³-hybridized carbons (Fsp3) is 0.333. The fourth-order valence-electron chi connectivity index (χ4n) is 1.87. The van der Waals surface area contributed by atoms with Crippen molar-refractivity contribution in [1.29, 1.82) is 0 Å². The standard InChI is InChI=1S/C15H17F2N3O/c1-21-3-2-18-8-12-9-19-15(20-10-12)6-11-4-13(16)7-14(17)5-11/h4-5,7,9-10,18H,2-3,6,8H2,1H3. The van der Waals surface area contributed by atoms with Crippen LogP contribution in [-0.2, 0) is 17.7 Å². The second kappa shape index (κ2) is 7.75. The summed E-state index contributed by atoms with van der Waals surface area (Å²) in [7, 11) is 1.65. The molecule has 112 valence electrons. The fourth-order valence-corrected chi connectivity index (χ4v) is 1.87. The minimum Gasteiger partial charge on any atom is -0.383 e. The van der Waals surface area contributed by atoms with Crippen molar-refractivity contribution in [1.82, 2.24) is 15.3 Å². The Morgan fingerprint density at radius 2 is 1.71 bits per heavy atom. The summed E-state index contributed by atoms with van der Waals surface area (Å²) in [5.74, 6) is -0.659. The first-order chi connectivity index (χ1) is 10.2. The number of halogens is 2. The van der Waals surface area contributed by atoms with Gasteiger partial charge in [0.1, 0.15) is 17.5 Å². The van der Waals surface area contributed by atoms with Crippen LogP contribution in [0.15, 0.2) is 30.6 Å². The molecule has 0 fully saturated rings. The average Bonchev–Trinajstić information content (AvgIpc) is 2.44. The smallest absolute Gasteiger partial charge is 0.132 e. The number of nitrogens with zero attached hydrogens (tertiary/aromatic N) is 2. The number of nitrogens with one attached hydrogen (secondary N) is 1. The molecule has 0 saturated carbocycles. The lowest BCUT2D eigenvalue weighted by Crippen LogP contribution is -2.18. The number of aromatic nitrogens is 2. The summed E-state index contributed by atoms with van der Waals surface area (Å²) in [5.41, 5.74) is 1.46. The van der Waals surface area contributed by atoms with Gasteiger partial charge in [0.2, 0.25) is 0 Å². The molecule has 0 unspecified atom stereocenters. The molecule has 0 saturated heterocycles. The highest BCUT2D eigenvalue weighted by atomic mass is 19.1. The molecule has 1 N–H and O–H groups in total. The van der Waals surface area contributed by atoms with Gasteiger partial charge in [-0.1, -0.05) is 0 Å². The van der Waals surface area contributed by atoms with Crippen LogP contribution in [0.5, 0.6) is 0 Å². The van der Waals surface area contributed by atoms with Gasteiger partial charge in [-0.05, 0) is 17.7 Å². The maximum absolute atomic E-state index is 13.1. The molecule has 2 aromatic rings. The van der Waals surface area contributed by atoms with Crippen molar-refractivity contribution in [2.75, 3.05) is 20.3 Å². The first-order valence-corrected chi connectivity index (χ1v) is 6.62. The van der Waals surface area contributed by atoms with Crippen LogP contribution in [0.2, 0.25) is 0 Å². The van der Waals surface area contributed by atoms with Gasteiger partial charge in [0.15, 0.2) is 0 Å². The van der Waals surface area contributed by atoms with Gasteiger partial charge in [-0.3, -0.25) is 0 Å². The molecular weight excluding hydrogens is 276 g/mol. The van der Waals surface area contributed by atoms with E-state index in [2.05, 4.69) is 15.3 Å². The maximum Gasteiger partial charge on any atom is 0.132 e. The Morgan fingerprint density at radius 3 is 2.33 bits per heavy atom. The third-order valence-corrected chi connectivity index (χ3v) is 2.86. The second-order valence-corrected chi connectivity index (χ2v) is 4.63. The van der Waals surface area contributed by atoms with Crippen molar-refractivity contribution >= 4 is 0 Å². The molecule has 1 aromatic heterocycles. The molecule has 2 rings (SSSR count). The summed E-state index contributed by atoms with van der Waals surface area (Å²) < 4.78 is 31.1. The van der Waals surface area contributed by atoms with E-state index in [4.69, 9.17) is 4.74 Å². The van der Waals surface area contributed by atoms with Crippen molar-refractivity contribution < 1.29 is 13.5 Å². The maximum atomic E-state index is 13.1. The lowest BCUT2D eigenvalue weighted by Gasteiger charge is -2.05. The van der Waals surface area contributed by atoms with Gasteiger partial charge in [0.05, 0.1) is 6.61 Å². The summed E-state index contributed by atoms with van der Waals surface area (Å²) in [6.07, 6.45) is 3.71. The van der Waals surface area contributed by atoms with Crippen LogP contribution in [0.1, 0.15) is 17.0 Å². The van der Waals surface area contributed by atoms with E-state index in [1.807, 2.05) is 0 Å². The predicted octanol–water partition coefficient (Wildman–Crippen LogP) is 2.08. The lowest BCUT2D eigenvalue weighted by atomic mass is 10.1. The quantitative estimate of drug-likeness (QED) is 0.794. The van der Waals surface area contributed by atoms with Gasteiger partial charge in [-0.15, -0.1) is 0 Å². The summed E-state index contributed by atoms with van der Waals surface area (Å²) in [4.78, 5) is 8.41. The minimum absolute atomic E-state index is 0.298. The first-order valence-electron chi connectivity index (χ1n) is 6.62. The van der Waals surface area contributed by atoms with Crippen LogP contribution >= 0.6 is 0 Å². The molecule has 0 aliphatic rings. The molecule has 6 heteroatoms. The molecule has 0 atom stereocenters. The van der Waals surface area contributed by atoms with E-state index in [9.17, 15) is 8.78 Å². The van der Waals surface area contributed by atoms with Gasteiger partial charge < -0.3 is 10.1 Å². The van der Waals surface area contributed by atoms with Crippen molar-refractivity contribution in [3.05, 3.63) is 59.2 Å². The van der Waals surface area contributed by atoms with E-state index in [-0.39, 0.29) is 0 Å². The molecule has 4 nitrogen and oxygen atoms in total. The molecule has 0 bridgehead atoms. The Kier molecular flexibility index (Phi) is 5.71. The number of hydrogen-bond acceptors (Lipinski definition) is 4. The normalized spacial score (nSPS) is 10.8. The zero-order chi connectivity index (χ0) is 15.1. The van der Waals surface area contributed by atoms with Gasteiger partial charge in [0.25, 0.3) is 0 Å². The Hall–Kier alpha value is -1.92. The molecule has 1 heterocycles. The van der Waals surface area contributed by atoms with Crippen LogP contribution in [0.4, 0.5) is 8.78 Å². The number of rotatable bonds is 7. The van der Waals surface area contributed by atoms with Crippen molar-refractivity contribution in [2.24, 2.45) is 0 Å². The lowest BCUT2D eigenvalue weighted by molar-refractivity contribution is 0.199. The van der Waals surface area contributed by atoms with E-state index in [1.54, 1.807) is 19.5 Å². The molecule has 21 heavy (non-hydrogen) atoms. The molecule has 0 aliphatic heterocycles. The SMILES string of the molecule is COCCNCc1cnc(Cc2cc(F)cc(F)c2)nc1. The monoisotopic (exact) mass is 293 g/mol. The molecule has 0 spiro atoms. The van der Waals surface area contributed by atoms with Crippen LogP contribution in [0, 0.1) is 11.6 Å². The summed E-state index contributed by atoms with van der Waals surface area (Å²) >= 11 is 0. The third-order valence-electron chi connectivity index (χ3n) is 2.86. The van der Waals surface area contributed by atoms with E-state index >= 15 is 0 Å². The average molecular weight is 293 g/mol. The molecule has 0 radical (unpaired) electrons. The molecule has 0 amide bonds. The Balaban J connectivity index is 1.92. The number of benzene rings is 1. The van der Waals surface area contributed by atoms with Crippen LogP contribution < -0.4 is 5.32 Å². The van der Waals surface area contributed by atoms with E-state index in [1.165, 1.54) is 12.1 Å². The topological polar surface area (TPSA) is 47.0 Å². The van der Waals surface area contributed by atoms with Gasteiger partial charge in [-0.25, -0.2) is 18.7 Å². The van der Waals surface area contributed by atoms with Gasteiger partial charge in [0, 0.05) is 50.6 Å². The van der Waals surface area contributed by atoms with E-state index < -0.39 is 11.6 Å². The number of ether oxygens (including phenoxy) is 1. The van der Waals surface area contributed by atoms with E-state index in [0.29, 0.717) is 31.0 Å². The van der Waals surface area contributed by atoms with Crippen molar-refractivity contribution in [2.45, 2.75) is 13.0 Å². The molecular formula is C15H17F2N3O. The number of hydrogen-bond donors (Lipinski definition) is 1. The summed E-state index contributed by atoms with van der Waals surface area (Å²) in [5, 5.41) is 3.18. The van der Waals surface area contributed by atoms with Crippen LogP contribution in [0.25, 0.3) is 0 Å². The predicted molar refractivity (Wildman–Crippen MR) is 74.8 cm³/mol. The zero-order valence-corrected chi connectivity index (χ0v) is 11.8. The zero-order valence-electron chi connectivity index (χ0n) is 11.8. The van der Waals surface area contributed by atoms with Gasteiger partial charge >= 0.3 is 0 Å². The highest BCUT2D eigenvalue weighted by Crippen LogP contribution is 2.11. The largest absolute Gasteiger partial charge is 0.383 e. The second-order valence-electron chi connectivity index (χ2n) is 4.63. The van der Waals surface area contributed by atoms with Crippen LogP contribution in [0.3, 0.4) is 0 Å². The van der Waals surface area contributed by atoms with Gasteiger partial charge in [-0.2, -0.15) is 0 Å². The molecule has 0 aliphatic carbocycles. The first kappa shape index (κ1) is 15.5. The van der Waals surface area contributed by atoms with Crippen molar-refractivity contribution in [3.63, 3.8) is 0 Å².